The number of furan rings is 1. The lowest BCUT2D eigenvalue weighted by atomic mass is 10.0. The van der Waals surface area contributed by atoms with Gasteiger partial charge in [0.2, 0.25) is 0 Å². The fourth-order valence-corrected chi connectivity index (χ4v) is 1.78. The van der Waals surface area contributed by atoms with E-state index in [1.807, 2.05) is 0 Å². The molecule has 1 rings (SSSR count). The molecule has 1 atom stereocenters. The Morgan fingerprint density at radius 1 is 1.53 bits per heavy atom. The SMILES string of the molecule is CCN(C(=O)NC(C)c1ccco1)C(C)(C)C(=O)O. The van der Waals surface area contributed by atoms with Gasteiger partial charge in [-0.15, -0.1) is 0 Å². The molecule has 1 unspecified atom stereocenters. The predicted octanol–water partition coefficient (Wildman–Crippen LogP) is 2.24. The van der Waals surface area contributed by atoms with Gasteiger partial charge in [-0.2, -0.15) is 0 Å². The lowest BCUT2D eigenvalue weighted by Gasteiger charge is -2.34. The fraction of sp³-hybridized carbons (Fsp3) is 0.538. The van der Waals surface area contributed by atoms with Crippen LogP contribution in [0.1, 0.15) is 39.5 Å². The maximum atomic E-state index is 12.1. The number of carbonyl (C=O) groups excluding carboxylic acids is 1. The Balaban J connectivity index is 2.78. The summed E-state index contributed by atoms with van der Waals surface area (Å²) < 4.78 is 5.19. The molecule has 1 aromatic rings. The van der Waals surface area contributed by atoms with E-state index in [0.717, 1.165) is 0 Å². The van der Waals surface area contributed by atoms with Crippen molar-refractivity contribution in [2.75, 3.05) is 6.54 Å². The van der Waals surface area contributed by atoms with E-state index in [-0.39, 0.29) is 6.04 Å². The fourth-order valence-electron chi connectivity index (χ4n) is 1.78. The Morgan fingerprint density at radius 3 is 2.58 bits per heavy atom. The van der Waals surface area contributed by atoms with Crippen LogP contribution in [0, 0.1) is 0 Å². The number of aliphatic carboxylic acids is 1. The molecule has 0 saturated carbocycles. The number of carboxylic acids is 1. The van der Waals surface area contributed by atoms with Crippen molar-refractivity contribution in [3.8, 4) is 0 Å². The number of likely N-dealkylation sites (N-methyl/N-ethyl adjacent to an activating group) is 1. The van der Waals surface area contributed by atoms with Crippen molar-refractivity contribution in [2.45, 2.75) is 39.3 Å². The number of amides is 2. The molecular weight excluding hydrogens is 248 g/mol. The third kappa shape index (κ3) is 3.27. The summed E-state index contributed by atoms with van der Waals surface area (Å²) in [6.45, 7) is 6.81. The molecule has 0 radical (unpaired) electrons. The molecule has 2 N–H and O–H groups in total. The van der Waals surface area contributed by atoms with Crippen molar-refractivity contribution in [2.24, 2.45) is 0 Å². The number of urea groups is 1. The van der Waals surface area contributed by atoms with Crippen molar-refractivity contribution in [1.29, 1.82) is 0 Å². The zero-order chi connectivity index (χ0) is 14.6. The van der Waals surface area contributed by atoms with Crippen molar-refractivity contribution in [3.05, 3.63) is 24.2 Å². The van der Waals surface area contributed by atoms with Crippen LogP contribution in [0.4, 0.5) is 4.79 Å². The van der Waals surface area contributed by atoms with Gasteiger partial charge in [0.25, 0.3) is 0 Å². The van der Waals surface area contributed by atoms with Crippen LogP contribution in [0.2, 0.25) is 0 Å². The van der Waals surface area contributed by atoms with Gasteiger partial charge in [0.05, 0.1) is 12.3 Å². The van der Waals surface area contributed by atoms with Crippen LogP contribution in [0.25, 0.3) is 0 Å². The maximum Gasteiger partial charge on any atom is 0.329 e. The molecular formula is C13H20N2O4. The van der Waals surface area contributed by atoms with Crippen molar-refractivity contribution in [1.82, 2.24) is 10.2 Å². The van der Waals surface area contributed by atoms with E-state index in [1.165, 1.54) is 25.0 Å². The van der Waals surface area contributed by atoms with Gasteiger partial charge < -0.3 is 19.7 Å². The number of carboxylic acid groups (broad SMARTS) is 1. The number of rotatable bonds is 5. The summed E-state index contributed by atoms with van der Waals surface area (Å²) in [6, 6.07) is 2.74. The van der Waals surface area contributed by atoms with Crippen LogP contribution in [0.3, 0.4) is 0 Å². The first-order valence-corrected chi connectivity index (χ1v) is 6.15. The second-order valence-corrected chi connectivity index (χ2v) is 4.80. The standard InChI is InChI=1S/C13H20N2O4/c1-5-15(13(3,4)11(16)17)12(18)14-9(2)10-7-6-8-19-10/h6-9H,5H2,1-4H3,(H,14,18)(H,16,17). The summed E-state index contributed by atoms with van der Waals surface area (Å²) >= 11 is 0. The topological polar surface area (TPSA) is 82.8 Å². The highest BCUT2D eigenvalue weighted by Crippen LogP contribution is 2.17. The maximum absolute atomic E-state index is 12.1. The van der Waals surface area contributed by atoms with Gasteiger partial charge in [-0.3, -0.25) is 0 Å². The molecule has 1 heterocycles. The van der Waals surface area contributed by atoms with Crippen LogP contribution in [-0.4, -0.2) is 34.1 Å². The minimum atomic E-state index is -1.26. The zero-order valence-electron chi connectivity index (χ0n) is 11.6. The molecule has 1 aromatic heterocycles. The summed E-state index contributed by atoms with van der Waals surface area (Å²) in [5, 5.41) is 11.9. The van der Waals surface area contributed by atoms with Gasteiger partial charge in [0.1, 0.15) is 11.3 Å². The molecule has 0 aliphatic carbocycles. The predicted molar refractivity (Wildman–Crippen MR) is 69.7 cm³/mol. The number of hydrogen-bond acceptors (Lipinski definition) is 3. The van der Waals surface area contributed by atoms with Crippen molar-refractivity contribution in [3.63, 3.8) is 0 Å². The molecule has 0 spiro atoms. The molecule has 106 valence electrons. The zero-order valence-corrected chi connectivity index (χ0v) is 11.6. The lowest BCUT2D eigenvalue weighted by Crippen LogP contribution is -2.56. The van der Waals surface area contributed by atoms with E-state index in [0.29, 0.717) is 12.3 Å². The first kappa shape index (κ1) is 15.1. The first-order valence-electron chi connectivity index (χ1n) is 6.15. The monoisotopic (exact) mass is 268 g/mol. The van der Waals surface area contributed by atoms with E-state index in [1.54, 1.807) is 26.0 Å². The van der Waals surface area contributed by atoms with Gasteiger partial charge in [0.15, 0.2) is 0 Å². The summed E-state index contributed by atoms with van der Waals surface area (Å²) in [4.78, 5) is 24.6. The number of carbonyl (C=O) groups is 2. The Kier molecular flexibility index (Phi) is 4.58. The van der Waals surface area contributed by atoms with Gasteiger partial charge in [0, 0.05) is 6.54 Å². The average molecular weight is 268 g/mol. The van der Waals surface area contributed by atoms with Crippen LogP contribution < -0.4 is 5.32 Å². The van der Waals surface area contributed by atoms with E-state index < -0.39 is 17.5 Å². The Hall–Kier alpha value is -1.98. The van der Waals surface area contributed by atoms with Gasteiger partial charge in [-0.05, 0) is 39.8 Å². The Morgan fingerprint density at radius 2 is 2.16 bits per heavy atom. The third-order valence-corrected chi connectivity index (χ3v) is 3.07. The Labute approximate surface area is 112 Å². The lowest BCUT2D eigenvalue weighted by molar-refractivity contribution is -0.147. The van der Waals surface area contributed by atoms with Crippen LogP contribution in [0.15, 0.2) is 22.8 Å². The highest BCUT2D eigenvalue weighted by atomic mass is 16.4. The molecule has 0 aromatic carbocycles. The highest BCUT2D eigenvalue weighted by Gasteiger charge is 2.37. The average Bonchev–Trinajstić information content (AvgIpc) is 2.82. The van der Waals surface area contributed by atoms with Crippen LogP contribution >= 0.6 is 0 Å². The second kappa shape index (κ2) is 5.77. The van der Waals surface area contributed by atoms with E-state index in [2.05, 4.69) is 5.32 Å². The normalized spacial score (nSPS) is 12.8. The quantitative estimate of drug-likeness (QED) is 0.857. The van der Waals surface area contributed by atoms with Gasteiger partial charge in [-0.25, -0.2) is 9.59 Å². The molecule has 0 fully saturated rings. The number of nitrogens with zero attached hydrogens (tertiary/aromatic N) is 1. The van der Waals surface area contributed by atoms with Crippen LogP contribution in [0.5, 0.6) is 0 Å². The molecule has 2 amide bonds. The van der Waals surface area contributed by atoms with Crippen molar-refractivity contribution < 1.29 is 19.1 Å². The Bertz CT molecular complexity index is 440. The molecule has 0 saturated heterocycles. The summed E-state index contributed by atoms with van der Waals surface area (Å²) in [5.41, 5.74) is -1.26. The molecule has 0 aliphatic heterocycles. The van der Waals surface area contributed by atoms with E-state index >= 15 is 0 Å². The van der Waals surface area contributed by atoms with Gasteiger partial charge >= 0.3 is 12.0 Å². The number of hydrogen-bond donors (Lipinski definition) is 2. The summed E-state index contributed by atoms with van der Waals surface area (Å²) in [6.07, 6.45) is 1.52. The van der Waals surface area contributed by atoms with E-state index in [4.69, 9.17) is 9.52 Å². The minimum absolute atomic E-state index is 0.302. The third-order valence-electron chi connectivity index (χ3n) is 3.07. The minimum Gasteiger partial charge on any atom is -0.480 e. The van der Waals surface area contributed by atoms with Crippen LogP contribution in [-0.2, 0) is 4.79 Å². The highest BCUT2D eigenvalue weighted by molar-refractivity contribution is 5.85. The van der Waals surface area contributed by atoms with Gasteiger partial charge in [-0.1, -0.05) is 0 Å². The molecule has 6 heteroatoms. The largest absolute Gasteiger partial charge is 0.480 e. The van der Waals surface area contributed by atoms with E-state index in [9.17, 15) is 9.59 Å². The first-order chi connectivity index (χ1) is 8.80. The number of nitrogens with one attached hydrogen (secondary N) is 1. The molecule has 0 bridgehead atoms. The second-order valence-electron chi connectivity index (χ2n) is 4.80. The molecule has 0 aliphatic rings. The molecule has 19 heavy (non-hydrogen) atoms. The summed E-state index contributed by atoms with van der Waals surface area (Å²) in [7, 11) is 0. The summed E-state index contributed by atoms with van der Waals surface area (Å²) in [5.74, 6) is -0.423. The smallest absolute Gasteiger partial charge is 0.329 e. The van der Waals surface area contributed by atoms with Crippen molar-refractivity contribution >= 4 is 12.0 Å². The molecule has 6 nitrogen and oxygen atoms in total.